The lowest BCUT2D eigenvalue weighted by Crippen LogP contribution is -2.49. The smallest absolute Gasteiger partial charge is 0.405 e. The van der Waals surface area contributed by atoms with E-state index in [1.807, 2.05) is 30.3 Å². The van der Waals surface area contributed by atoms with Crippen molar-refractivity contribution in [2.24, 2.45) is 5.92 Å². The first-order valence-electron chi connectivity index (χ1n) is 13.1. The first-order chi connectivity index (χ1) is 19.3. The maximum absolute atomic E-state index is 14.1. The second kappa shape index (κ2) is 10.4. The van der Waals surface area contributed by atoms with Crippen LogP contribution in [0.1, 0.15) is 48.3 Å². The van der Waals surface area contributed by atoms with E-state index in [1.54, 1.807) is 16.7 Å². The number of hydrogen-bond acceptors (Lipinski definition) is 5. The number of carbonyl (C=O) groups is 1. The van der Waals surface area contributed by atoms with E-state index >= 15 is 0 Å². The molecule has 206 valence electrons. The van der Waals surface area contributed by atoms with E-state index in [0.717, 1.165) is 24.0 Å². The molecule has 1 aliphatic carbocycles. The van der Waals surface area contributed by atoms with Crippen molar-refractivity contribution in [2.75, 3.05) is 0 Å². The van der Waals surface area contributed by atoms with Crippen LogP contribution in [0.2, 0.25) is 5.15 Å². The number of amides is 1. The molecule has 9 nitrogen and oxygen atoms in total. The van der Waals surface area contributed by atoms with Gasteiger partial charge in [-0.25, -0.2) is 19.2 Å². The van der Waals surface area contributed by atoms with Gasteiger partial charge < -0.3 is 20.1 Å². The molecular formula is C29H27ClFN5O4. The SMILES string of the molecule is O=C(O)NC12CCC(CC1)Cn1c2nc(-c2nc(Cl)c(Cc3ccc(F)cc3)[nH]2)c(OCc2ccccc2)c1=O. The molecule has 40 heavy (non-hydrogen) atoms. The van der Waals surface area contributed by atoms with Crippen LogP contribution in [0.25, 0.3) is 11.5 Å². The minimum atomic E-state index is -1.17. The van der Waals surface area contributed by atoms with Crippen LogP contribution in [0, 0.1) is 11.7 Å². The predicted octanol–water partition coefficient (Wildman–Crippen LogP) is 5.26. The van der Waals surface area contributed by atoms with Gasteiger partial charge in [-0.05, 0) is 54.9 Å². The Balaban J connectivity index is 1.48. The molecule has 2 aromatic carbocycles. The highest BCUT2D eigenvalue weighted by Crippen LogP contribution is 2.43. The average Bonchev–Trinajstić information content (AvgIpc) is 3.14. The number of benzene rings is 2. The van der Waals surface area contributed by atoms with Crippen molar-refractivity contribution in [3.05, 3.63) is 98.6 Å². The predicted molar refractivity (Wildman–Crippen MR) is 146 cm³/mol. The Morgan fingerprint density at radius 3 is 2.55 bits per heavy atom. The molecule has 4 aromatic rings. The average molecular weight is 564 g/mol. The number of imidazole rings is 1. The molecule has 1 saturated carbocycles. The summed E-state index contributed by atoms with van der Waals surface area (Å²) in [6, 6.07) is 15.5. The zero-order valence-electron chi connectivity index (χ0n) is 21.5. The highest BCUT2D eigenvalue weighted by Gasteiger charge is 2.46. The quantitative estimate of drug-likeness (QED) is 0.282. The van der Waals surface area contributed by atoms with Gasteiger partial charge in [0.25, 0.3) is 5.56 Å². The van der Waals surface area contributed by atoms with Crippen molar-refractivity contribution in [3.8, 4) is 17.3 Å². The molecular weight excluding hydrogens is 537 g/mol. The van der Waals surface area contributed by atoms with Crippen LogP contribution < -0.4 is 15.6 Å². The summed E-state index contributed by atoms with van der Waals surface area (Å²) in [7, 11) is 0. The van der Waals surface area contributed by atoms with E-state index in [9.17, 15) is 19.1 Å². The third-order valence-corrected chi connectivity index (χ3v) is 8.09. The second-order valence-electron chi connectivity index (χ2n) is 10.4. The van der Waals surface area contributed by atoms with Crippen LogP contribution in [0.5, 0.6) is 5.75 Å². The zero-order valence-corrected chi connectivity index (χ0v) is 22.2. The minimum absolute atomic E-state index is 0.0122. The van der Waals surface area contributed by atoms with E-state index in [-0.39, 0.29) is 40.8 Å². The molecule has 0 atom stereocenters. The first kappa shape index (κ1) is 26.1. The molecule has 1 amide bonds. The molecule has 0 unspecified atom stereocenters. The number of rotatable bonds is 7. The molecule has 4 heterocycles. The van der Waals surface area contributed by atoms with Crippen molar-refractivity contribution < 1.29 is 19.0 Å². The summed E-state index contributed by atoms with van der Waals surface area (Å²) < 4.78 is 21.1. The minimum Gasteiger partial charge on any atom is -0.481 e. The second-order valence-corrected chi connectivity index (χ2v) is 10.8. The van der Waals surface area contributed by atoms with Crippen LogP contribution in [-0.2, 0) is 25.1 Å². The van der Waals surface area contributed by atoms with Gasteiger partial charge in [-0.2, -0.15) is 0 Å². The Bertz CT molecular complexity index is 1610. The van der Waals surface area contributed by atoms with E-state index in [1.165, 1.54) is 12.1 Å². The fourth-order valence-corrected chi connectivity index (χ4v) is 5.93. The molecule has 3 aliphatic rings. The monoisotopic (exact) mass is 563 g/mol. The summed E-state index contributed by atoms with van der Waals surface area (Å²) in [6.45, 7) is 0.559. The van der Waals surface area contributed by atoms with Gasteiger partial charge in [0.15, 0.2) is 16.7 Å². The number of hydrogen-bond donors (Lipinski definition) is 3. The van der Waals surface area contributed by atoms with E-state index < -0.39 is 17.2 Å². The highest BCUT2D eigenvalue weighted by atomic mass is 35.5. The zero-order chi connectivity index (χ0) is 27.9. The van der Waals surface area contributed by atoms with Crippen LogP contribution in [-0.4, -0.2) is 30.7 Å². The van der Waals surface area contributed by atoms with E-state index in [2.05, 4.69) is 15.3 Å². The number of nitrogens with zero attached hydrogens (tertiary/aromatic N) is 3. The van der Waals surface area contributed by atoms with Crippen LogP contribution in [0.4, 0.5) is 9.18 Å². The number of H-pyrrole nitrogens is 1. The van der Waals surface area contributed by atoms with Gasteiger partial charge in [0.05, 0.1) is 5.69 Å². The molecule has 7 rings (SSSR count). The van der Waals surface area contributed by atoms with Crippen LogP contribution >= 0.6 is 11.6 Å². The maximum Gasteiger partial charge on any atom is 0.405 e. The summed E-state index contributed by atoms with van der Waals surface area (Å²) in [5, 5.41) is 12.6. The molecule has 2 aromatic heterocycles. The number of aromatic amines is 1. The number of fused-ring (bicyclic) bond motifs is 2. The molecule has 0 spiro atoms. The summed E-state index contributed by atoms with van der Waals surface area (Å²) in [5.41, 5.74) is 1.01. The normalized spacial score (nSPS) is 19.6. The lowest BCUT2D eigenvalue weighted by molar-refractivity contribution is 0.153. The first-order valence-corrected chi connectivity index (χ1v) is 13.5. The van der Waals surface area contributed by atoms with Crippen molar-refractivity contribution >= 4 is 17.7 Å². The highest BCUT2D eigenvalue weighted by molar-refractivity contribution is 6.30. The lowest BCUT2D eigenvalue weighted by Gasteiger charge is -2.36. The summed E-state index contributed by atoms with van der Waals surface area (Å²) in [5.74, 6) is 0.494. The van der Waals surface area contributed by atoms with Crippen molar-refractivity contribution in [1.29, 1.82) is 0 Å². The van der Waals surface area contributed by atoms with Crippen LogP contribution in [0.15, 0.2) is 59.4 Å². The Hall–Kier alpha value is -4.18. The Labute approximate surface area is 234 Å². The van der Waals surface area contributed by atoms with Gasteiger partial charge in [-0.15, -0.1) is 0 Å². The van der Waals surface area contributed by atoms with Crippen LogP contribution in [0.3, 0.4) is 0 Å². The number of aromatic nitrogens is 4. The topological polar surface area (TPSA) is 122 Å². The van der Waals surface area contributed by atoms with Crippen molar-refractivity contribution in [3.63, 3.8) is 0 Å². The van der Waals surface area contributed by atoms with E-state index in [0.29, 0.717) is 37.3 Å². The molecule has 0 radical (unpaired) electrons. The van der Waals surface area contributed by atoms with Gasteiger partial charge in [-0.1, -0.05) is 54.1 Å². The summed E-state index contributed by atoms with van der Waals surface area (Å²) in [6.07, 6.45) is 1.79. The summed E-state index contributed by atoms with van der Waals surface area (Å²) >= 11 is 6.51. The largest absolute Gasteiger partial charge is 0.481 e. The number of ether oxygens (including phenoxy) is 1. The number of nitrogens with one attached hydrogen (secondary N) is 2. The third kappa shape index (κ3) is 4.95. The Morgan fingerprint density at radius 1 is 1.12 bits per heavy atom. The third-order valence-electron chi connectivity index (χ3n) is 7.77. The molecule has 11 heteroatoms. The fourth-order valence-electron chi connectivity index (χ4n) is 5.74. The molecule has 3 N–H and O–H groups in total. The molecule has 2 bridgehead atoms. The maximum atomic E-state index is 14.1. The Morgan fingerprint density at radius 2 is 1.85 bits per heavy atom. The van der Waals surface area contributed by atoms with Crippen molar-refractivity contribution in [2.45, 2.75) is 50.8 Å². The molecule has 0 saturated heterocycles. The molecule has 1 fully saturated rings. The van der Waals surface area contributed by atoms with E-state index in [4.69, 9.17) is 21.3 Å². The van der Waals surface area contributed by atoms with Gasteiger partial charge in [0.1, 0.15) is 23.8 Å². The Kier molecular flexibility index (Phi) is 6.79. The van der Waals surface area contributed by atoms with Gasteiger partial charge in [0, 0.05) is 13.0 Å². The van der Waals surface area contributed by atoms with Gasteiger partial charge in [0.2, 0.25) is 5.75 Å². The van der Waals surface area contributed by atoms with Gasteiger partial charge >= 0.3 is 6.09 Å². The van der Waals surface area contributed by atoms with Gasteiger partial charge in [-0.3, -0.25) is 9.36 Å². The lowest BCUT2D eigenvalue weighted by atomic mass is 9.77. The number of carboxylic acid groups (broad SMARTS) is 1. The fraction of sp³-hybridized carbons (Fsp3) is 0.310. The van der Waals surface area contributed by atoms with Crippen molar-refractivity contribution in [1.82, 2.24) is 24.8 Å². The summed E-state index contributed by atoms with van der Waals surface area (Å²) in [4.78, 5) is 38.5. The number of halogens is 2. The molecule has 2 aliphatic heterocycles. The standard InChI is InChI=1S/C29H27ClFN5O4/c30-24-21(14-17-6-8-20(31)9-7-17)32-25(34-24)22-23(40-16-19-4-2-1-3-5-19)26(37)36-15-18-10-12-29(13-11-18,27(36)33-22)35-28(38)39/h1-9,18,35H,10-16H2,(H,32,34)(H,38,39).